The summed E-state index contributed by atoms with van der Waals surface area (Å²) in [6.45, 7) is 3.07. The van der Waals surface area contributed by atoms with Crippen molar-refractivity contribution in [2.45, 2.75) is 13.5 Å². The smallest absolute Gasteiger partial charge is 0.215 e. The summed E-state index contributed by atoms with van der Waals surface area (Å²) in [7, 11) is 0. The summed E-state index contributed by atoms with van der Waals surface area (Å²) in [5.41, 5.74) is 7.03. The fourth-order valence-corrected chi connectivity index (χ4v) is 3.66. The van der Waals surface area contributed by atoms with Gasteiger partial charge in [-0.1, -0.05) is 66.7 Å². The molecule has 0 unspecified atom stereocenters. The molecule has 0 N–H and O–H groups in total. The Hall–Kier alpha value is -3.04. The molecule has 0 amide bonds. The molecule has 0 aliphatic carbocycles. The second-order valence-electron chi connectivity index (χ2n) is 6.47. The molecule has 134 valence electrons. The van der Waals surface area contributed by atoms with Crippen LogP contribution in [-0.2, 0) is 6.54 Å². The quantitative estimate of drug-likeness (QED) is 0.376. The van der Waals surface area contributed by atoms with Gasteiger partial charge in [0.2, 0.25) is 5.78 Å². The third-order valence-corrected chi connectivity index (χ3v) is 4.96. The molecule has 2 aromatic heterocycles. The highest BCUT2D eigenvalue weighted by molar-refractivity contribution is 5.85. The van der Waals surface area contributed by atoms with Gasteiger partial charge in [0.1, 0.15) is 0 Å². The highest BCUT2D eigenvalue weighted by atomic mass is 35.5. The molecule has 0 saturated carbocycles. The predicted octanol–water partition coefficient (Wildman–Crippen LogP) is 6.06. The summed E-state index contributed by atoms with van der Waals surface area (Å²) in [6.07, 6.45) is 2.14. The highest BCUT2D eigenvalue weighted by Crippen LogP contribution is 2.27. The maximum Gasteiger partial charge on any atom is 0.215 e. The molecule has 0 radical (unpaired) electrons. The number of aromatic nitrogens is 3. The molecule has 4 heteroatoms. The normalized spacial score (nSPS) is 11.0. The molecule has 27 heavy (non-hydrogen) atoms. The third-order valence-electron chi connectivity index (χ3n) is 4.96. The first-order chi connectivity index (χ1) is 12.8. The third kappa shape index (κ3) is 2.81. The molecule has 0 aliphatic rings. The molecule has 0 fully saturated rings. The predicted molar refractivity (Wildman–Crippen MR) is 114 cm³/mol. The van der Waals surface area contributed by atoms with E-state index in [-0.39, 0.29) is 12.4 Å². The summed E-state index contributed by atoms with van der Waals surface area (Å²) < 4.78 is 4.45. The average molecular weight is 374 g/mol. The second kappa shape index (κ2) is 6.93. The molecule has 5 aromatic rings. The molecule has 3 nitrogen and oxygen atoms in total. The Bertz CT molecular complexity index is 1200. The van der Waals surface area contributed by atoms with Gasteiger partial charge >= 0.3 is 0 Å². The van der Waals surface area contributed by atoms with Crippen LogP contribution in [0.3, 0.4) is 0 Å². The summed E-state index contributed by atoms with van der Waals surface area (Å²) in [4.78, 5) is 4.92. The van der Waals surface area contributed by atoms with Gasteiger partial charge in [-0.15, -0.1) is 12.4 Å². The van der Waals surface area contributed by atoms with Crippen LogP contribution in [0.25, 0.3) is 39.2 Å². The summed E-state index contributed by atoms with van der Waals surface area (Å²) >= 11 is 0. The minimum Gasteiger partial charge on any atom is -0.310 e. The van der Waals surface area contributed by atoms with Crippen LogP contribution in [0.15, 0.2) is 85.1 Å². The molecule has 0 saturated heterocycles. The number of rotatable bonds is 3. The van der Waals surface area contributed by atoms with E-state index < -0.39 is 0 Å². The van der Waals surface area contributed by atoms with Crippen molar-refractivity contribution in [1.29, 1.82) is 0 Å². The lowest BCUT2D eigenvalue weighted by Crippen LogP contribution is -1.94. The van der Waals surface area contributed by atoms with Crippen molar-refractivity contribution in [2.75, 3.05) is 0 Å². The second-order valence-corrected chi connectivity index (χ2v) is 6.47. The standard InChI is InChI=1S/C23H19N3.ClH/c1-2-25-21-10-6-7-11-22(21)26-16-20(24-23(25)26)19-14-12-18(13-15-19)17-8-4-3-5-9-17;/h3-16H,2H2,1H3;1H. The first kappa shape index (κ1) is 17.4. The van der Waals surface area contributed by atoms with Gasteiger partial charge in [0.05, 0.1) is 16.7 Å². The van der Waals surface area contributed by atoms with Gasteiger partial charge in [-0.05, 0) is 30.2 Å². The summed E-state index contributed by atoms with van der Waals surface area (Å²) in [5.74, 6) is 0.996. The van der Waals surface area contributed by atoms with Gasteiger partial charge in [-0.2, -0.15) is 0 Å². The molecule has 0 spiro atoms. The van der Waals surface area contributed by atoms with Crippen molar-refractivity contribution in [3.8, 4) is 22.4 Å². The summed E-state index contributed by atoms with van der Waals surface area (Å²) in [6, 6.07) is 27.6. The number of imidazole rings is 2. The molecular weight excluding hydrogens is 354 g/mol. The van der Waals surface area contributed by atoms with E-state index in [0.717, 1.165) is 23.6 Å². The SMILES string of the molecule is CCn1c2ccccc2n2cc(-c3ccc(-c4ccccc4)cc3)nc12.Cl. The lowest BCUT2D eigenvalue weighted by molar-refractivity contribution is 0.807. The topological polar surface area (TPSA) is 22.2 Å². The van der Waals surface area contributed by atoms with E-state index in [4.69, 9.17) is 4.98 Å². The zero-order chi connectivity index (χ0) is 17.5. The Morgan fingerprint density at radius 1 is 0.704 bits per heavy atom. The fraction of sp³-hybridized carbons (Fsp3) is 0.0870. The monoisotopic (exact) mass is 373 g/mol. The van der Waals surface area contributed by atoms with Crippen molar-refractivity contribution < 1.29 is 0 Å². The first-order valence-electron chi connectivity index (χ1n) is 8.97. The van der Waals surface area contributed by atoms with Crippen LogP contribution in [0.4, 0.5) is 0 Å². The Balaban J connectivity index is 0.00000180. The molecule has 0 atom stereocenters. The molecule has 3 aromatic carbocycles. The molecule has 0 bridgehead atoms. The van der Waals surface area contributed by atoms with Gasteiger partial charge in [-0.25, -0.2) is 4.98 Å². The minimum atomic E-state index is 0. The van der Waals surface area contributed by atoms with Gasteiger partial charge in [0.25, 0.3) is 0 Å². The number of benzene rings is 3. The van der Waals surface area contributed by atoms with Gasteiger partial charge in [-0.3, -0.25) is 4.40 Å². The van der Waals surface area contributed by atoms with Crippen molar-refractivity contribution in [1.82, 2.24) is 14.0 Å². The van der Waals surface area contributed by atoms with Crippen molar-refractivity contribution >= 4 is 29.2 Å². The van der Waals surface area contributed by atoms with Crippen LogP contribution in [0, 0.1) is 0 Å². The van der Waals surface area contributed by atoms with Gasteiger partial charge in [0.15, 0.2) is 0 Å². The van der Waals surface area contributed by atoms with Crippen molar-refractivity contribution in [3.05, 3.63) is 85.1 Å². The Morgan fingerprint density at radius 3 is 2.00 bits per heavy atom. The zero-order valence-corrected chi connectivity index (χ0v) is 15.9. The lowest BCUT2D eigenvalue weighted by Gasteiger charge is -2.03. The summed E-state index contributed by atoms with van der Waals surface area (Å²) in [5, 5.41) is 0. The van der Waals surface area contributed by atoms with Crippen LogP contribution in [-0.4, -0.2) is 14.0 Å². The van der Waals surface area contributed by atoms with E-state index in [1.165, 1.54) is 22.2 Å². The van der Waals surface area contributed by atoms with E-state index in [1.807, 2.05) is 6.07 Å². The van der Waals surface area contributed by atoms with Gasteiger partial charge < -0.3 is 4.57 Å². The maximum atomic E-state index is 4.92. The molecular formula is C23H20ClN3. The van der Waals surface area contributed by atoms with E-state index in [9.17, 15) is 0 Å². The van der Waals surface area contributed by atoms with E-state index in [0.29, 0.717) is 0 Å². The van der Waals surface area contributed by atoms with E-state index in [2.05, 4.69) is 94.9 Å². The van der Waals surface area contributed by atoms with Crippen LogP contribution in [0.5, 0.6) is 0 Å². The number of aryl methyl sites for hydroxylation is 1. The van der Waals surface area contributed by atoms with Crippen molar-refractivity contribution in [2.24, 2.45) is 0 Å². The number of para-hydroxylation sites is 2. The first-order valence-corrected chi connectivity index (χ1v) is 8.97. The molecule has 2 heterocycles. The number of fused-ring (bicyclic) bond motifs is 3. The largest absolute Gasteiger partial charge is 0.310 e. The average Bonchev–Trinajstić information content (AvgIpc) is 3.26. The Kier molecular flexibility index (Phi) is 4.46. The lowest BCUT2D eigenvalue weighted by atomic mass is 10.0. The molecule has 5 rings (SSSR count). The minimum absolute atomic E-state index is 0. The number of nitrogens with zero attached hydrogens (tertiary/aromatic N) is 3. The van der Waals surface area contributed by atoms with Crippen LogP contribution in [0.1, 0.15) is 6.92 Å². The van der Waals surface area contributed by atoms with Crippen LogP contribution in [0.2, 0.25) is 0 Å². The van der Waals surface area contributed by atoms with Crippen LogP contribution < -0.4 is 0 Å². The van der Waals surface area contributed by atoms with Crippen LogP contribution >= 0.6 is 12.4 Å². The van der Waals surface area contributed by atoms with Gasteiger partial charge in [0, 0.05) is 18.3 Å². The highest BCUT2D eigenvalue weighted by Gasteiger charge is 2.13. The number of hydrogen-bond acceptors (Lipinski definition) is 1. The maximum absolute atomic E-state index is 4.92. The van der Waals surface area contributed by atoms with E-state index in [1.54, 1.807) is 0 Å². The number of hydrogen-bond donors (Lipinski definition) is 0. The van der Waals surface area contributed by atoms with Crippen molar-refractivity contribution in [3.63, 3.8) is 0 Å². The van der Waals surface area contributed by atoms with E-state index >= 15 is 0 Å². The number of halogens is 1. The fourth-order valence-electron chi connectivity index (χ4n) is 3.66. The Morgan fingerprint density at radius 2 is 1.30 bits per heavy atom. The zero-order valence-electron chi connectivity index (χ0n) is 15.0. The Labute approximate surface area is 164 Å². The molecule has 0 aliphatic heterocycles.